The molecule has 138 valence electrons. The highest BCUT2D eigenvalue weighted by Crippen LogP contribution is 2.35. The van der Waals surface area contributed by atoms with Crippen LogP contribution in [-0.4, -0.2) is 0 Å². The molecule has 27 heavy (non-hydrogen) atoms. The Morgan fingerprint density at radius 2 is 1.48 bits per heavy atom. The van der Waals surface area contributed by atoms with E-state index >= 15 is 0 Å². The second kappa shape index (κ2) is 7.60. The van der Waals surface area contributed by atoms with Crippen molar-refractivity contribution in [1.82, 2.24) is 0 Å². The molecule has 0 N–H and O–H groups in total. The molecule has 1 aliphatic heterocycles. The van der Waals surface area contributed by atoms with E-state index in [0.29, 0.717) is 0 Å². The Balaban J connectivity index is 0.000000376. The highest BCUT2D eigenvalue weighted by molar-refractivity contribution is 5.96. The average Bonchev–Trinajstić information content (AvgIpc) is 2.96. The topological polar surface area (TPSA) is 96.1 Å². The van der Waals surface area contributed by atoms with Crippen molar-refractivity contribution < 1.29 is 33.4 Å². The Hall–Kier alpha value is -2.54. The fourth-order valence-corrected chi connectivity index (χ4v) is 3.23. The van der Waals surface area contributed by atoms with Crippen LogP contribution in [0.2, 0.25) is 0 Å². The van der Waals surface area contributed by atoms with E-state index in [-0.39, 0.29) is 0 Å². The van der Waals surface area contributed by atoms with Crippen molar-refractivity contribution in [3.05, 3.63) is 83.7 Å². The molecule has 1 aromatic heterocycles. The normalized spacial score (nSPS) is 15.0. The molecule has 1 aromatic rings. The van der Waals surface area contributed by atoms with Gasteiger partial charge in [-0.05, 0) is 35.8 Å². The Bertz CT molecular complexity index is 999. The Morgan fingerprint density at radius 1 is 0.815 bits per heavy atom. The summed E-state index contributed by atoms with van der Waals surface area (Å²) in [5.74, 6) is 0. The molecular formula is C21H18ClNO4. The summed E-state index contributed by atoms with van der Waals surface area (Å²) in [5, 5.41) is 0. The van der Waals surface area contributed by atoms with E-state index in [1.165, 1.54) is 39.2 Å². The third kappa shape index (κ3) is 4.42. The number of halogens is 1. The van der Waals surface area contributed by atoms with Crippen molar-refractivity contribution >= 4 is 17.3 Å². The summed E-state index contributed by atoms with van der Waals surface area (Å²) >= 11 is 0. The van der Waals surface area contributed by atoms with Gasteiger partial charge in [0.05, 0.1) is 5.57 Å². The lowest BCUT2D eigenvalue weighted by Gasteiger charge is -2.17. The molecule has 0 unspecified atom stereocenters. The van der Waals surface area contributed by atoms with E-state index < -0.39 is 10.2 Å². The SMILES string of the molecule is CC1=C(C)[n+]2ccccc2C1=Cc1ccc2cccccc1-2.[O-][Cl+3]([O-])([O-])[O-]. The number of fused-ring (bicyclic) bond motifs is 2. The van der Waals surface area contributed by atoms with Crippen molar-refractivity contribution in [2.75, 3.05) is 0 Å². The molecule has 3 aliphatic rings. The fraction of sp³-hybridized carbons (Fsp3) is 0.0952. The minimum atomic E-state index is -4.94. The van der Waals surface area contributed by atoms with Crippen molar-refractivity contribution in [3.8, 4) is 11.1 Å². The second-order valence-electron chi connectivity index (χ2n) is 6.17. The van der Waals surface area contributed by atoms with Gasteiger partial charge in [-0.3, -0.25) is 0 Å². The Labute approximate surface area is 159 Å². The van der Waals surface area contributed by atoms with Crippen LogP contribution in [0.25, 0.3) is 28.5 Å². The molecule has 0 amide bonds. The van der Waals surface area contributed by atoms with Crippen molar-refractivity contribution in [1.29, 1.82) is 0 Å². The first-order valence-corrected chi connectivity index (χ1v) is 9.49. The molecule has 0 aromatic carbocycles. The second-order valence-corrected chi connectivity index (χ2v) is 6.93. The van der Waals surface area contributed by atoms with E-state index in [2.05, 4.69) is 91.4 Å². The summed E-state index contributed by atoms with van der Waals surface area (Å²) in [6, 6.07) is 21.4. The average molecular weight is 384 g/mol. The van der Waals surface area contributed by atoms with Gasteiger partial charge in [-0.25, -0.2) is 18.6 Å². The quantitative estimate of drug-likeness (QED) is 0.558. The molecule has 4 rings (SSSR count). The molecule has 0 saturated carbocycles. The number of pyridine rings is 1. The lowest BCUT2D eigenvalue weighted by molar-refractivity contribution is -2.00. The van der Waals surface area contributed by atoms with Crippen LogP contribution in [-0.2, 0) is 0 Å². The van der Waals surface area contributed by atoms with Gasteiger partial charge in [-0.1, -0.05) is 42.5 Å². The number of rotatable bonds is 1. The molecule has 2 aliphatic carbocycles. The largest absolute Gasteiger partial charge is 0.222 e. The van der Waals surface area contributed by atoms with Crippen LogP contribution in [0, 0.1) is 10.2 Å². The smallest absolute Gasteiger partial charge is 0.218 e. The maximum absolute atomic E-state index is 8.49. The number of allylic oxidation sites excluding steroid dienone is 3. The Kier molecular flexibility index (Phi) is 5.41. The predicted octanol–water partition coefficient (Wildman–Crippen LogP) is 0.128. The van der Waals surface area contributed by atoms with E-state index in [4.69, 9.17) is 18.6 Å². The zero-order valence-electron chi connectivity index (χ0n) is 14.9. The molecule has 0 saturated heterocycles. The summed E-state index contributed by atoms with van der Waals surface area (Å²) in [4.78, 5) is 0. The van der Waals surface area contributed by atoms with E-state index in [1.807, 2.05) is 0 Å². The minimum absolute atomic E-state index is 1.27. The van der Waals surface area contributed by atoms with Crippen LogP contribution in [0.5, 0.6) is 0 Å². The van der Waals surface area contributed by atoms with Crippen LogP contribution in [0.4, 0.5) is 0 Å². The van der Waals surface area contributed by atoms with Crippen molar-refractivity contribution in [2.24, 2.45) is 0 Å². The summed E-state index contributed by atoms with van der Waals surface area (Å²) in [6.07, 6.45) is 4.46. The molecule has 0 atom stereocenters. The highest BCUT2D eigenvalue weighted by Gasteiger charge is 2.29. The van der Waals surface area contributed by atoms with Crippen LogP contribution in [0.15, 0.2) is 72.4 Å². The molecule has 5 nitrogen and oxygen atoms in total. The third-order valence-corrected chi connectivity index (χ3v) is 4.57. The van der Waals surface area contributed by atoms with Crippen LogP contribution in [0.1, 0.15) is 25.1 Å². The van der Waals surface area contributed by atoms with E-state index in [9.17, 15) is 0 Å². The molecule has 0 spiro atoms. The lowest BCUT2D eigenvalue weighted by atomic mass is 10.0. The third-order valence-electron chi connectivity index (χ3n) is 4.57. The molecular weight excluding hydrogens is 366 g/mol. The van der Waals surface area contributed by atoms with Gasteiger partial charge in [0, 0.05) is 24.6 Å². The number of hydrogen-bond acceptors (Lipinski definition) is 4. The van der Waals surface area contributed by atoms with Gasteiger partial charge in [0.25, 0.3) is 0 Å². The highest BCUT2D eigenvalue weighted by atomic mass is 35.7. The minimum Gasteiger partial charge on any atom is -0.222 e. The maximum atomic E-state index is 8.49. The predicted molar refractivity (Wildman–Crippen MR) is 92.1 cm³/mol. The van der Waals surface area contributed by atoms with Gasteiger partial charge < -0.3 is 0 Å². The lowest BCUT2D eigenvalue weighted by Crippen LogP contribution is -2.68. The molecule has 2 heterocycles. The van der Waals surface area contributed by atoms with Crippen LogP contribution < -0.4 is 23.2 Å². The van der Waals surface area contributed by atoms with Gasteiger partial charge in [-0.2, -0.15) is 4.57 Å². The first kappa shape index (κ1) is 19.2. The van der Waals surface area contributed by atoms with Gasteiger partial charge in [0.2, 0.25) is 5.69 Å². The first-order valence-electron chi connectivity index (χ1n) is 8.26. The molecule has 0 bridgehead atoms. The Morgan fingerprint density at radius 3 is 2.22 bits per heavy atom. The molecule has 6 heteroatoms. The zero-order valence-corrected chi connectivity index (χ0v) is 15.6. The summed E-state index contributed by atoms with van der Waals surface area (Å²) in [6.45, 7) is 4.39. The maximum Gasteiger partial charge on any atom is 0.218 e. The monoisotopic (exact) mass is 383 g/mol. The molecule has 0 fully saturated rings. The van der Waals surface area contributed by atoms with Crippen molar-refractivity contribution in [3.63, 3.8) is 0 Å². The molecule has 0 radical (unpaired) electrons. The standard InChI is InChI=1S/C21H18N.ClHO4/c1-15-16(2)22-13-7-6-10-21(22)20(15)14-18-12-11-17-8-4-3-5-9-19(17)18;2-1(3,4)5/h3-14H,1-2H3;(H,2,3,4,5)/q+1;/p-1. The zero-order chi connectivity index (χ0) is 19.6. The summed E-state index contributed by atoms with van der Waals surface area (Å²) in [5.41, 5.74) is 9.12. The van der Waals surface area contributed by atoms with Gasteiger partial charge in [-0.15, -0.1) is 10.2 Å². The van der Waals surface area contributed by atoms with Crippen LogP contribution >= 0.6 is 0 Å². The summed E-state index contributed by atoms with van der Waals surface area (Å²) in [7, 11) is -4.94. The number of aromatic nitrogens is 1. The summed E-state index contributed by atoms with van der Waals surface area (Å²) < 4.78 is 36.2. The first-order chi connectivity index (χ1) is 12.8. The van der Waals surface area contributed by atoms with E-state index in [1.54, 1.807) is 0 Å². The van der Waals surface area contributed by atoms with E-state index in [0.717, 1.165) is 0 Å². The number of hydrogen-bond donors (Lipinski definition) is 0. The number of nitrogens with zero attached hydrogens (tertiary/aromatic N) is 1. The van der Waals surface area contributed by atoms with Gasteiger partial charge in [0.1, 0.15) is 0 Å². The van der Waals surface area contributed by atoms with Gasteiger partial charge in [0.15, 0.2) is 11.9 Å². The van der Waals surface area contributed by atoms with Crippen LogP contribution in [0.3, 0.4) is 0 Å². The fourth-order valence-electron chi connectivity index (χ4n) is 3.23. The van der Waals surface area contributed by atoms with Gasteiger partial charge >= 0.3 is 0 Å². The van der Waals surface area contributed by atoms with Crippen molar-refractivity contribution in [2.45, 2.75) is 13.8 Å².